The van der Waals surface area contributed by atoms with Crippen LogP contribution in [-0.2, 0) is 10.3 Å². The quantitative estimate of drug-likeness (QED) is 0.578. The summed E-state index contributed by atoms with van der Waals surface area (Å²) in [6.45, 7) is 1.40. The average molecular weight is 506 g/mol. The van der Waals surface area contributed by atoms with Gasteiger partial charge in [0.2, 0.25) is 5.91 Å². The van der Waals surface area contributed by atoms with Crippen LogP contribution in [0.5, 0.6) is 5.75 Å². The second-order valence-corrected chi connectivity index (χ2v) is 11.2. The Morgan fingerprint density at radius 3 is 2.46 bits per heavy atom. The minimum absolute atomic E-state index is 0.00731. The zero-order chi connectivity index (χ0) is 26.0. The number of methoxy groups -OCH3 is 1. The lowest BCUT2D eigenvalue weighted by Gasteiger charge is -2.51. The first-order valence-corrected chi connectivity index (χ1v) is 13.5. The number of hydrogen-bond acceptors (Lipinski definition) is 5. The van der Waals surface area contributed by atoms with Crippen molar-refractivity contribution >= 4 is 17.8 Å². The predicted octanol–water partition coefficient (Wildman–Crippen LogP) is 4.34. The van der Waals surface area contributed by atoms with Gasteiger partial charge in [-0.3, -0.25) is 9.69 Å². The zero-order valence-corrected chi connectivity index (χ0v) is 22.3. The number of anilines is 1. The molecule has 3 amide bonds. The topological polar surface area (TPSA) is 78.0 Å². The normalized spacial score (nSPS) is 26.0. The fourth-order valence-corrected chi connectivity index (χ4v) is 6.50. The molecule has 2 aromatic rings. The lowest BCUT2D eigenvalue weighted by atomic mass is 9.68. The van der Waals surface area contributed by atoms with Crippen LogP contribution >= 0.6 is 0 Å². The molecule has 1 N–H and O–H groups in total. The van der Waals surface area contributed by atoms with Crippen LogP contribution in [0.2, 0.25) is 0 Å². The summed E-state index contributed by atoms with van der Waals surface area (Å²) >= 11 is 0. The Morgan fingerprint density at radius 1 is 1.11 bits per heavy atom. The van der Waals surface area contributed by atoms with Crippen LogP contribution in [0.3, 0.4) is 0 Å². The number of rotatable bonds is 8. The highest BCUT2D eigenvalue weighted by Gasteiger charge is 2.55. The molecule has 5 rings (SSSR count). The van der Waals surface area contributed by atoms with Gasteiger partial charge < -0.3 is 19.9 Å². The first-order chi connectivity index (χ1) is 17.9. The van der Waals surface area contributed by atoms with Crippen molar-refractivity contribution in [2.24, 2.45) is 5.92 Å². The van der Waals surface area contributed by atoms with Crippen molar-refractivity contribution < 1.29 is 14.3 Å². The molecular weight excluding hydrogens is 466 g/mol. The van der Waals surface area contributed by atoms with Crippen LogP contribution < -0.4 is 10.1 Å². The third-order valence-electron chi connectivity index (χ3n) is 8.98. The summed E-state index contributed by atoms with van der Waals surface area (Å²) in [5.74, 6) is 1.19. The molecule has 0 radical (unpaired) electrons. The van der Waals surface area contributed by atoms with Crippen LogP contribution in [0, 0.1) is 5.92 Å². The SMILES string of the molecule is COc1cccnc1NC(=O)CN1C[C@]2(CC[C@@](c3ccccc3)(N(C)C)CC2)N(CC2CCC2)C1=O. The van der Waals surface area contributed by atoms with E-state index in [9.17, 15) is 9.59 Å². The van der Waals surface area contributed by atoms with Gasteiger partial charge in [-0.25, -0.2) is 9.78 Å². The van der Waals surface area contributed by atoms with Gasteiger partial charge in [-0.15, -0.1) is 0 Å². The van der Waals surface area contributed by atoms with Crippen molar-refractivity contribution in [1.82, 2.24) is 19.7 Å². The number of urea groups is 1. The van der Waals surface area contributed by atoms with Gasteiger partial charge in [0.05, 0.1) is 12.6 Å². The fourth-order valence-electron chi connectivity index (χ4n) is 6.50. The Balaban J connectivity index is 1.34. The van der Waals surface area contributed by atoms with E-state index >= 15 is 0 Å². The van der Waals surface area contributed by atoms with Crippen molar-refractivity contribution in [1.29, 1.82) is 0 Å². The third-order valence-corrected chi connectivity index (χ3v) is 8.98. The number of nitrogens with zero attached hydrogens (tertiary/aromatic N) is 4. The molecule has 3 aliphatic rings. The third kappa shape index (κ3) is 4.79. The molecule has 8 nitrogen and oxygen atoms in total. The highest BCUT2D eigenvalue weighted by molar-refractivity contribution is 5.95. The van der Waals surface area contributed by atoms with Crippen molar-refractivity contribution in [2.75, 3.05) is 46.2 Å². The van der Waals surface area contributed by atoms with E-state index in [0.717, 1.165) is 32.2 Å². The van der Waals surface area contributed by atoms with Gasteiger partial charge in [0.25, 0.3) is 0 Å². The first-order valence-electron chi connectivity index (χ1n) is 13.5. The summed E-state index contributed by atoms with van der Waals surface area (Å²) in [5.41, 5.74) is 1.06. The molecule has 1 saturated heterocycles. The molecular formula is C29H39N5O3. The largest absolute Gasteiger partial charge is 0.493 e. The lowest BCUT2D eigenvalue weighted by Crippen LogP contribution is -2.56. The standard InChI is InChI=1S/C29H39N5O3/c1-32(2)29(23-11-5-4-6-12-23)16-14-28(15-17-29)21-33(27(36)34(28)19-22-9-7-10-22)20-25(35)31-26-24(37-3)13-8-18-30-26/h4-6,8,11-13,18,22H,7,9-10,14-17,19-21H2,1-3H3,(H,30,31,35)/t28-,29-. The summed E-state index contributed by atoms with van der Waals surface area (Å²) in [5, 5.41) is 2.83. The van der Waals surface area contributed by atoms with Crippen molar-refractivity contribution in [3.05, 3.63) is 54.2 Å². The maximum Gasteiger partial charge on any atom is 0.321 e. The maximum absolute atomic E-state index is 13.8. The molecule has 37 heavy (non-hydrogen) atoms. The van der Waals surface area contributed by atoms with Gasteiger partial charge in [0.1, 0.15) is 6.54 Å². The molecule has 0 bridgehead atoms. The summed E-state index contributed by atoms with van der Waals surface area (Å²) in [6, 6.07) is 14.3. The van der Waals surface area contributed by atoms with E-state index in [1.54, 1.807) is 30.3 Å². The van der Waals surface area contributed by atoms with E-state index in [2.05, 4.69) is 64.5 Å². The van der Waals surface area contributed by atoms with E-state index < -0.39 is 0 Å². The predicted molar refractivity (Wildman–Crippen MR) is 143 cm³/mol. The fraction of sp³-hybridized carbons (Fsp3) is 0.552. The molecule has 0 atom stereocenters. The van der Waals surface area contributed by atoms with Crippen LogP contribution in [-0.4, -0.2) is 78.0 Å². The van der Waals surface area contributed by atoms with E-state index in [4.69, 9.17) is 4.74 Å². The van der Waals surface area contributed by atoms with Gasteiger partial charge in [0, 0.05) is 24.8 Å². The first kappa shape index (κ1) is 25.5. The second-order valence-electron chi connectivity index (χ2n) is 11.2. The smallest absolute Gasteiger partial charge is 0.321 e. The van der Waals surface area contributed by atoms with Crippen molar-refractivity contribution in [2.45, 2.75) is 56.0 Å². The number of aromatic nitrogens is 1. The van der Waals surface area contributed by atoms with Crippen LogP contribution in [0.25, 0.3) is 0 Å². The molecule has 198 valence electrons. The molecule has 2 heterocycles. The zero-order valence-electron chi connectivity index (χ0n) is 22.3. The molecule has 1 spiro atoms. The molecule has 8 heteroatoms. The Morgan fingerprint density at radius 2 is 1.84 bits per heavy atom. The van der Waals surface area contributed by atoms with Crippen LogP contribution in [0.15, 0.2) is 48.7 Å². The van der Waals surface area contributed by atoms with E-state index in [0.29, 0.717) is 24.0 Å². The van der Waals surface area contributed by atoms with E-state index in [1.807, 2.05) is 0 Å². The number of carbonyl (C=O) groups is 2. The summed E-state index contributed by atoms with van der Waals surface area (Å²) in [7, 11) is 5.88. The van der Waals surface area contributed by atoms with Gasteiger partial charge in [-0.1, -0.05) is 36.8 Å². The van der Waals surface area contributed by atoms with E-state index in [-0.39, 0.29) is 29.6 Å². The van der Waals surface area contributed by atoms with E-state index in [1.165, 1.54) is 24.8 Å². The number of carbonyl (C=O) groups excluding carboxylic acids is 2. The van der Waals surface area contributed by atoms with Crippen LogP contribution in [0.4, 0.5) is 10.6 Å². The number of ether oxygens (including phenoxy) is 1. The molecule has 2 saturated carbocycles. The monoisotopic (exact) mass is 505 g/mol. The summed E-state index contributed by atoms with van der Waals surface area (Å²) in [4.78, 5) is 37.2. The minimum Gasteiger partial charge on any atom is -0.493 e. The summed E-state index contributed by atoms with van der Waals surface area (Å²) < 4.78 is 5.31. The minimum atomic E-state index is -0.256. The van der Waals surface area contributed by atoms with Gasteiger partial charge in [-0.05, 0) is 76.2 Å². The van der Waals surface area contributed by atoms with Gasteiger partial charge in [-0.2, -0.15) is 0 Å². The molecule has 0 unspecified atom stereocenters. The molecule has 1 aromatic carbocycles. The highest BCUT2D eigenvalue weighted by Crippen LogP contribution is 2.49. The molecule has 1 aliphatic heterocycles. The lowest BCUT2D eigenvalue weighted by molar-refractivity contribution is -0.116. The molecule has 3 fully saturated rings. The number of nitrogens with one attached hydrogen (secondary N) is 1. The van der Waals surface area contributed by atoms with Crippen molar-refractivity contribution in [3.8, 4) is 5.75 Å². The van der Waals surface area contributed by atoms with Gasteiger partial charge in [0.15, 0.2) is 11.6 Å². The number of hydrogen-bond donors (Lipinski definition) is 1. The second kappa shape index (κ2) is 10.3. The van der Waals surface area contributed by atoms with Crippen molar-refractivity contribution in [3.63, 3.8) is 0 Å². The summed E-state index contributed by atoms with van der Waals surface area (Å²) in [6.07, 6.45) is 9.02. The Bertz CT molecular complexity index is 1110. The Labute approximate surface area is 220 Å². The Kier molecular flexibility index (Phi) is 7.12. The maximum atomic E-state index is 13.8. The van der Waals surface area contributed by atoms with Crippen LogP contribution in [0.1, 0.15) is 50.5 Å². The number of benzene rings is 1. The number of amides is 3. The number of pyridine rings is 1. The molecule has 1 aromatic heterocycles. The average Bonchev–Trinajstić information content (AvgIpc) is 3.12. The highest BCUT2D eigenvalue weighted by atomic mass is 16.5. The Hall–Kier alpha value is -3.13. The van der Waals surface area contributed by atoms with Gasteiger partial charge >= 0.3 is 6.03 Å². The molecule has 2 aliphatic carbocycles.